The normalized spacial score (nSPS) is 17.2. The third-order valence-corrected chi connectivity index (χ3v) is 5.78. The highest BCUT2D eigenvalue weighted by molar-refractivity contribution is 6.03. The minimum absolute atomic E-state index is 0.0873. The fraction of sp³-hybridized carbons (Fsp3) is 0.308. The average Bonchev–Trinajstić information content (AvgIpc) is 3.32. The van der Waals surface area contributed by atoms with Gasteiger partial charge in [0.25, 0.3) is 0 Å². The molecule has 1 aromatic heterocycles. The zero-order chi connectivity index (χ0) is 24.6. The number of aromatic nitrogens is 1. The van der Waals surface area contributed by atoms with Crippen LogP contribution in [0.4, 0.5) is 10.5 Å². The largest absolute Gasteiger partial charge is 0.469 e. The number of nitrogens with one attached hydrogen (secondary N) is 1. The fourth-order valence-corrected chi connectivity index (χ4v) is 4.00. The molecule has 0 aliphatic carbocycles. The summed E-state index contributed by atoms with van der Waals surface area (Å²) < 4.78 is 15.9. The number of methoxy groups -OCH3 is 1. The predicted molar refractivity (Wildman–Crippen MR) is 128 cm³/mol. The van der Waals surface area contributed by atoms with E-state index in [1.54, 1.807) is 12.3 Å². The Bertz CT molecular complexity index is 1180. The van der Waals surface area contributed by atoms with Gasteiger partial charge < -0.3 is 19.5 Å². The molecule has 0 spiro atoms. The van der Waals surface area contributed by atoms with E-state index >= 15 is 0 Å². The van der Waals surface area contributed by atoms with Gasteiger partial charge in [-0.3, -0.25) is 19.5 Å². The first kappa shape index (κ1) is 24.2. The molecule has 9 nitrogen and oxygen atoms in total. The summed E-state index contributed by atoms with van der Waals surface area (Å²) in [5, 5.41) is 3.80. The number of pyridine rings is 1. The van der Waals surface area contributed by atoms with Gasteiger partial charge in [-0.1, -0.05) is 48.5 Å². The second-order valence-corrected chi connectivity index (χ2v) is 8.13. The monoisotopic (exact) mass is 477 g/mol. The van der Waals surface area contributed by atoms with Crippen LogP contribution in [0.5, 0.6) is 0 Å². The number of amides is 2. The summed E-state index contributed by atoms with van der Waals surface area (Å²) in [5.41, 5.74) is 2.06. The van der Waals surface area contributed by atoms with Crippen molar-refractivity contribution in [3.8, 4) is 0 Å². The molecule has 3 aromatic rings. The Labute approximate surface area is 203 Å². The van der Waals surface area contributed by atoms with Gasteiger partial charge in [-0.2, -0.15) is 0 Å². The Morgan fingerprint density at radius 2 is 1.86 bits per heavy atom. The number of ether oxygens (including phenoxy) is 3. The molecule has 2 aromatic carbocycles. The number of nitrogens with zero attached hydrogens (tertiary/aromatic N) is 2. The molecule has 0 saturated carbocycles. The third kappa shape index (κ3) is 6.13. The molecule has 1 fully saturated rings. The highest BCUT2D eigenvalue weighted by Gasteiger charge is 2.41. The number of hydrogen-bond acceptors (Lipinski definition) is 7. The number of carbonyl (C=O) groups excluding carboxylic acids is 3. The molecule has 2 amide bonds. The first-order valence-electron chi connectivity index (χ1n) is 11.4. The van der Waals surface area contributed by atoms with Gasteiger partial charge in [0.1, 0.15) is 12.6 Å². The number of rotatable bonds is 8. The Hall–Kier alpha value is -3.98. The molecule has 0 unspecified atom stereocenters. The van der Waals surface area contributed by atoms with Gasteiger partial charge in [-0.25, -0.2) is 4.79 Å². The number of esters is 1. The van der Waals surface area contributed by atoms with E-state index < -0.39 is 18.2 Å². The summed E-state index contributed by atoms with van der Waals surface area (Å²) in [4.78, 5) is 43.4. The Morgan fingerprint density at radius 3 is 2.66 bits per heavy atom. The maximum absolute atomic E-state index is 13.3. The lowest BCUT2D eigenvalue weighted by atomic mass is 10.1. The highest BCUT2D eigenvalue weighted by Crippen LogP contribution is 2.26. The SMILES string of the molecule is COC(=O)CCO[C@@H]1C[C@@H](C(=O)Nc2cccc3cccnc23)N(C(=O)OCc2ccccc2)C1. The molecule has 2 heterocycles. The molecule has 1 saturated heterocycles. The van der Waals surface area contributed by atoms with Crippen molar-refractivity contribution in [2.75, 3.05) is 25.6 Å². The van der Waals surface area contributed by atoms with Gasteiger partial charge in [0, 0.05) is 18.0 Å². The second kappa shape index (κ2) is 11.4. The van der Waals surface area contributed by atoms with Crippen LogP contribution in [0.15, 0.2) is 66.9 Å². The van der Waals surface area contributed by atoms with Crippen LogP contribution in [0.2, 0.25) is 0 Å². The van der Waals surface area contributed by atoms with Crippen molar-refractivity contribution in [1.82, 2.24) is 9.88 Å². The standard InChI is InChI=1S/C26H27N3O6/c1-33-23(30)12-14-34-20-15-22(29(16-20)26(32)35-17-18-7-3-2-4-8-18)25(31)28-21-11-5-9-19-10-6-13-27-24(19)21/h2-11,13,20,22H,12,14-17H2,1H3,(H,28,31)/t20-,22+/m1/s1. The molecular formula is C26H27N3O6. The van der Waals surface area contributed by atoms with Crippen molar-refractivity contribution >= 4 is 34.6 Å². The molecule has 9 heteroatoms. The van der Waals surface area contributed by atoms with E-state index in [9.17, 15) is 14.4 Å². The highest BCUT2D eigenvalue weighted by atomic mass is 16.6. The van der Waals surface area contributed by atoms with Crippen LogP contribution >= 0.6 is 0 Å². The lowest BCUT2D eigenvalue weighted by Gasteiger charge is -2.23. The lowest BCUT2D eigenvalue weighted by Crippen LogP contribution is -2.43. The van der Waals surface area contributed by atoms with Crippen LogP contribution in [0.25, 0.3) is 10.9 Å². The Balaban J connectivity index is 1.46. The van der Waals surface area contributed by atoms with Gasteiger partial charge in [-0.05, 0) is 17.7 Å². The van der Waals surface area contributed by atoms with Crippen LogP contribution in [-0.2, 0) is 30.4 Å². The third-order valence-electron chi connectivity index (χ3n) is 5.78. The van der Waals surface area contributed by atoms with Gasteiger partial charge in [-0.15, -0.1) is 0 Å². The molecule has 2 atom stereocenters. The number of hydrogen-bond donors (Lipinski definition) is 1. The maximum Gasteiger partial charge on any atom is 0.410 e. The Kier molecular flexibility index (Phi) is 7.89. The van der Waals surface area contributed by atoms with E-state index in [4.69, 9.17) is 9.47 Å². The minimum atomic E-state index is -0.805. The topological polar surface area (TPSA) is 107 Å². The van der Waals surface area contributed by atoms with E-state index in [1.807, 2.05) is 54.6 Å². The maximum atomic E-state index is 13.3. The van der Waals surface area contributed by atoms with Crippen molar-refractivity contribution in [2.45, 2.75) is 31.6 Å². The van der Waals surface area contributed by atoms with E-state index in [0.29, 0.717) is 11.2 Å². The Morgan fingerprint density at radius 1 is 1.06 bits per heavy atom. The van der Waals surface area contributed by atoms with E-state index in [-0.39, 0.29) is 44.5 Å². The van der Waals surface area contributed by atoms with Crippen molar-refractivity contribution in [1.29, 1.82) is 0 Å². The molecule has 0 bridgehead atoms. The molecule has 1 aliphatic heterocycles. The number of fused-ring (bicyclic) bond motifs is 1. The summed E-state index contributed by atoms with van der Waals surface area (Å²) >= 11 is 0. The van der Waals surface area contributed by atoms with Crippen LogP contribution in [-0.4, -0.2) is 60.3 Å². The minimum Gasteiger partial charge on any atom is -0.469 e. The number of anilines is 1. The van der Waals surface area contributed by atoms with E-state index in [1.165, 1.54) is 12.0 Å². The number of para-hydroxylation sites is 1. The van der Waals surface area contributed by atoms with Crippen molar-refractivity contribution in [2.24, 2.45) is 0 Å². The number of carbonyl (C=O) groups is 3. The molecular weight excluding hydrogens is 450 g/mol. The summed E-state index contributed by atoms with van der Waals surface area (Å²) in [6.45, 7) is 0.387. The fourth-order valence-electron chi connectivity index (χ4n) is 4.00. The molecule has 35 heavy (non-hydrogen) atoms. The first-order chi connectivity index (χ1) is 17.0. The first-order valence-corrected chi connectivity index (χ1v) is 11.4. The van der Waals surface area contributed by atoms with Crippen LogP contribution in [0, 0.1) is 0 Å². The lowest BCUT2D eigenvalue weighted by molar-refractivity contribution is -0.142. The summed E-state index contributed by atoms with van der Waals surface area (Å²) in [5.74, 6) is -0.751. The summed E-state index contributed by atoms with van der Waals surface area (Å²) in [6.07, 6.45) is 0.983. The smallest absolute Gasteiger partial charge is 0.410 e. The van der Waals surface area contributed by atoms with E-state index in [0.717, 1.165) is 10.9 Å². The van der Waals surface area contributed by atoms with Crippen molar-refractivity contribution in [3.05, 3.63) is 72.4 Å². The zero-order valence-electron chi connectivity index (χ0n) is 19.4. The van der Waals surface area contributed by atoms with Gasteiger partial charge in [0.15, 0.2) is 0 Å². The molecule has 1 N–H and O–H groups in total. The van der Waals surface area contributed by atoms with Crippen LogP contribution in [0.3, 0.4) is 0 Å². The van der Waals surface area contributed by atoms with Gasteiger partial charge in [0.2, 0.25) is 5.91 Å². The number of likely N-dealkylation sites (tertiary alicyclic amines) is 1. The molecule has 0 radical (unpaired) electrons. The second-order valence-electron chi connectivity index (χ2n) is 8.13. The van der Waals surface area contributed by atoms with Crippen LogP contribution < -0.4 is 5.32 Å². The summed E-state index contributed by atoms with van der Waals surface area (Å²) in [6, 6.07) is 17.7. The quantitative estimate of drug-likeness (QED) is 0.495. The van der Waals surface area contributed by atoms with Crippen molar-refractivity contribution in [3.63, 3.8) is 0 Å². The molecule has 182 valence electrons. The zero-order valence-corrected chi connectivity index (χ0v) is 19.4. The van der Waals surface area contributed by atoms with Gasteiger partial charge in [0.05, 0.1) is 44.0 Å². The summed E-state index contributed by atoms with van der Waals surface area (Å²) in [7, 11) is 1.31. The van der Waals surface area contributed by atoms with E-state index in [2.05, 4.69) is 15.0 Å². The molecule has 4 rings (SSSR count). The predicted octanol–water partition coefficient (Wildman–Crippen LogP) is 3.53. The number of benzene rings is 2. The van der Waals surface area contributed by atoms with Crippen molar-refractivity contribution < 1.29 is 28.6 Å². The molecule has 1 aliphatic rings. The van der Waals surface area contributed by atoms with Gasteiger partial charge >= 0.3 is 12.1 Å². The van der Waals surface area contributed by atoms with Crippen LogP contribution in [0.1, 0.15) is 18.4 Å². The average molecular weight is 478 g/mol.